The van der Waals surface area contributed by atoms with Gasteiger partial charge >= 0.3 is 5.97 Å². The summed E-state index contributed by atoms with van der Waals surface area (Å²) in [6.07, 6.45) is 1.26. The zero-order valence-electron chi connectivity index (χ0n) is 20.9. The number of carboxylic acids is 1. The number of rotatable bonds is 11. The Morgan fingerprint density at radius 3 is 2.56 bits per heavy atom. The zero-order valence-corrected chi connectivity index (χ0v) is 21.8. The van der Waals surface area contributed by atoms with Crippen LogP contribution >= 0.6 is 12.6 Å². The Hall–Kier alpha value is -3.33. The molecule has 1 heterocycles. The highest BCUT2D eigenvalue weighted by Gasteiger charge is 2.21. The third kappa shape index (κ3) is 6.26. The number of carbonyl (C=O) groups is 2. The van der Waals surface area contributed by atoms with Gasteiger partial charge in [0, 0.05) is 5.56 Å². The lowest BCUT2D eigenvalue weighted by Crippen LogP contribution is -2.32. The highest BCUT2D eigenvalue weighted by molar-refractivity contribution is 7.81. The number of hydrogen-bond acceptors (Lipinski definition) is 5. The van der Waals surface area contributed by atoms with Gasteiger partial charge in [-0.3, -0.25) is 9.36 Å². The van der Waals surface area contributed by atoms with Crippen molar-refractivity contribution in [3.63, 3.8) is 0 Å². The monoisotopic (exact) mass is 513 g/mol. The maximum atomic E-state index is 15.2. The van der Waals surface area contributed by atoms with Gasteiger partial charge in [-0.05, 0) is 42.0 Å². The number of nitrogens with zero attached hydrogens (tertiary/aromatic N) is 2. The van der Waals surface area contributed by atoms with Gasteiger partial charge in [0.1, 0.15) is 5.82 Å². The van der Waals surface area contributed by atoms with Crippen molar-refractivity contribution in [3.05, 3.63) is 70.8 Å². The van der Waals surface area contributed by atoms with Crippen molar-refractivity contribution in [2.75, 3.05) is 7.11 Å². The SMILES string of the molecule is CCc1nc(OC)n(Cc2ccc(-c3ccccc3C(=O)O)cc2F)c1CNC(=O)[C@@H](S)CC(C)C. The number of methoxy groups -OCH3 is 1. The minimum absolute atomic E-state index is 0.103. The van der Waals surface area contributed by atoms with Crippen molar-refractivity contribution in [1.29, 1.82) is 0 Å². The van der Waals surface area contributed by atoms with Crippen LogP contribution in [0.5, 0.6) is 6.01 Å². The van der Waals surface area contributed by atoms with Crippen LogP contribution in [0.1, 0.15) is 54.5 Å². The van der Waals surface area contributed by atoms with E-state index in [1.165, 1.54) is 19.2 Å². The average molecular weight is 514 g/mol. The summed E-state index contributed by atoms with van der Waals surface area (Å²) in [7, 11) is 1.50. The number of halogens is 1. The van der Waals surface area contributed by atoms with Gasteiger partial charge in [-0.1, -0.05) is 51.1 Å². The molecule has 0 aliphatic heterocycles. The van der Waals surface area contributed by atoms with Gasteiger partial charge < -0.3 is 15.2 Å². The van der Waals surface area contributed by atoms with E-state index in [1.807, 2.05) is 20.8 Å². The summed E-state index contributed by atoms with van der Waals surface area (Å²) in [6, 6.07) is 11.5. The Morgan fingerprint density at radius 1 is 1.22 bits per heavy atom. The lowest BCUT2D eigenvalue weighted by molar-refractivity contribution is -0.121. The van der Waals surface area contributed by atoms with E-state index in [2.05, 4.69) is 22.9 Å². The summed E-state index contributed by atoms with van der Waals surface area (Å²) in [5.41, 5.74) is 2.87. The maximum absolute atomic E-state index is 15.2. The normalized spacial score (nSPS) is 12.0. The number of ether oxygens (including phenoxy) is 1. The quantitative estimate of drug-likeness (QED) is 0.315. The van der Waals surface area contributed by atoms with E-state index in [0.29, 0.717) is 41.5 Å². The molecule has 0 radical (unpaired) electrons. The van der Waals surface area contributed by atoms with Gasteiger partial charge in [0.05, 0.1) is 42.4 Å². The van der Waals surface area contributed by atoms with Crippen LogP contribution in [0, 0.1) is 11.7 Å². The number of nitrogens with one attached hydrogen (secondary N) is 1. The van der Waals surface area contributed by atoms with Crippen LogP contribution in [0.3, 0.4) is 0 Å². The number of aromatic nitrogens is 2. The molecule has 2 aromatic carbocycles. The molecule has 36 heavy (non-hydrogen) atoms. The minimum Gasteiger partial charge on any atom is -0.478 e. The third-order valence-electron chi connectivity index (χ3n) is 5.92. The van der Waals surface area contributed by atoms with E-state index < -0.39 is 17.0 Å². The predicted octanol–water partition coefficient (Wildman–Crippen LogP) is 4.97. The van der Waals surface area contributed by atoms with E-state index in [4.69, 9.17) is 4.74 Å². The summed E-state index contributed by atoms with van der Waals surface area (Å²) in [4.78, 5) is 28.7. The number of benzene rings is 2. The Kier molecular flexibility index (Phi) is 9.14. The Balaban J connectivity index is 1.90. The van der Waals surface area contributed by atoms with Crippen LogP contribution in [0.15, 0.2) is 42.5 Å². The lowest BCUT2D eigenvalue weighted by atomic mass is 9.98. The van der Waals surface area contributed by atoms with Crippen LogP contribution in [0.2, 0.25) is 0 Å². The zero-order chi connectivity index (χ0) is 26.4. The molecule has 0 unspecified atom stereocenters. The molecular weight excluding hydrogens is 481 g/mol. The second kappa shape index (κ2) is 12.1. The number of imidazole rings is 1. The molecule has 1 amide bonds. The summed E-state index contributed by atoms with van der Waals surface area (Å²) < 4.78 is 22.5. The Labute approximate surface area is 216 Å². The maximum Gasteiger partial charge on any atom is 0.336 e. The molecule has 2 N–H and O–H groups in total. The number of carbonyl (C=O) groups excluding carboxylic acids is 1. The molecule has 1 atom stereocenters. The molecule has 0 aliphatic carbocycles. The van der Waals surface area contributed by atoms with Gasteiger partial charge in [0.25, 0.3) is 6.01 Å². The smallest absolute Gasteiger partial charge is 0.336 e. The number of thiol groups is 1. The van der Waals surface area contributed by atoms with E-state index in [1.54, 1.807) is 34.9 Å². The summed E-state index contributed by atoms with van der Waals surface area (Å²) in [5, 5.41) is 12.0. The van der Waals surface area contributed by atoms with Crippen molar-refractivity contribution < 1.29 is 23.8 Å². The molecular formula is C27H32FN3O4S. The third-order valence-corrected chi connectivity index (χ3v) is 6.36. The van der Waals surface area contributed by atoms with Crippen LogP contribution in [0.4, 0.5) is 4.39 Å². The van der Waals surface area contributed by atoms with Crippen LogP contribution < -0.4 is 10.1 Å². The molecule has 192 valence electrons. The lowest BCUT2D eigenvalue weighted by Gasteiger charge is -2.16. The van der Waals surface area contributed by atoms with E-state index in [9.17, 15) is 14.7 Å². The minimum atomic E-state index is -1.08. The van der Waals surface area contributed by atoms with Crippen LogP contribution in [-0.4, -0.2) is 38.9 Å². The van der Waals surface area contributed by atoms with Gasteiger partial charge in [-0.2, -0.15) is 17.6 Å². The standard InChI is InChI=1S/C27H32FN3O4S/c1-5-22-23(14-29-25(32)24(36)12-16(2)3)31(27(30-22)35-4)15-18-11-10-17(13-21(18)28)19-8-6-7-9-20(19)26(33)34/h6-11,13,16,24,36H,5,12,14-15H2,1-4H3,(H,29,32)(H,33,34)/t24-/m0/s1. The molecule has 1 aromatic heterocycles. The molecule has 0 aliphatic rings. The topological polar surface area (TPSA) is 93.5 Å². The number of amides is 1. The van der Waals surface area contributed by atoms with E-state index in [-0.39, 0.29) is 24.6 Å². The van der Waals surface area contributed by atoms with Crippen LogP contribution in [-0.2, 0) is 24.3 Å². The fraction of sp³-hybridized carbons (Fsp3) is 0.370. The molecule has 0 saturated heterocycles. The van der Waals surface area contributed by atoms with Gasteiger partial charge in [0.15, 0.2) is 0 Å². The average Bonchev–Trinajstić information content (AvgIpc) is 3.19. The van der Waals surface area contributed by atoms with E-state index >= 15 is 4.39 Å². The number of aryl methyl sites for hydroxylation is 1. The van der Waals surface area contributed by atoms with Crippen molar-refractivity contribution >= 4 is 24.5 Å². The molecule has 3 aromatic rings. The summed E-state index contributed by atoms with van der Waals surface area (Å²) >= 11 is 4.42. The van der Waals surface area contributed by atoms with Crippen molar-refractivity contribution in [2.45, 2.75) is 52.0 Å². The van der Waals surface area contributed by atoms with Crippen LogP contribution in [0.25, 0.3) is 11.1 Å². The number of aromatic carboxylic acids is 1. The first-order valence-corrected chi connectivity index (χ1v) is 12.4. The first-order valence-electron chi connectivity index (χ1n) is 11.8. The van der Waals surface area contributed by atoms with Crippen molar-refractivity contribution in [2.24, 2.45) is 5.92 Å². The predicted molar refractivity (Wildman–Crippen MR) is 140 cm³/mol. The number of hydrogen-bond donors (Lipinski definition) is 3. The van der Waals surface area contributed by atoms with Crippen molar-refractivity contribution in [3.8, 4) is 17.1 Å². The fourth-order valence-corrected chi connectivity index (χ4v) is 4.60. The number of carboxylic acid groups (broad SMARTS) is 1. The molecule has 9 heteroatoms. The molecule has 3 rings (SSSR count). The van der Waals surface area contributed by atoms with Crippen molar-refractivity contribution in [1.82, 2.24) is 14.9 Å². The fourth-order valence-electron chi connectivity index (χ4n) is 4.09. The molecule has 0 saturated carbocycles. The van der Waals surface area contributed by atoms with Gasteiger partial charge in [0.2, 0.25) is 5.91 Å². The van der Waals surface area contributed by atoms with Gasteiger partial charge in [-0.15, -0.1) is 0 Å². The first kappa shape index (κ1) is 27.3. The highest BCUT2D eigenvalue weighted by atomic mass is 32.1. The molecule has 0 spiro atoms. The first-order chi connectivity index (χ1) is 17.2. The second-order valence-corrected chi connectivity index (χ2v) is 9.58. The highest BCUT2D eigenvalue weighted by Crippen LogP contribution is 2.28. The summed E-state index contributed by atoms with van der Waals surface area (Å²) in [5.74, 6) is -1.39. The molecule has 0 bridgehead atoms. The van der Waals surface area contributed by atoms with Gasteiger partial charge in [-0.25, -0.2) is 9.18 Å². The molecule has 7 nitrogen and oxygen atoms in total. The summed E-state index contributed by atoms with van der Waals surface area (Å²) in [6.45, 7) is 6.36. The molecule has 0 fully saturated rings. The Bertz CT molecular complexity index is 1240. The Morgan fingerprint density at radius 2 is 1.94 bits per heavy atom. The van der Waals surface area contributed by atoms with E-state index in [0.717, 1.165) is 11.4 Å². The largest absolute Gasteiger partial charge is 0.478 e. The second-order valence-electron chi connectivity index (χ2n) is 8.95.